The van der Waals surface area contributed by atoms with Gasteiger partial charge in [0.25, 0.3) is 0 Å². The summed E-state index contributed by atoms with van der Waals surface area (Å²) in [5.74, 6) is 0.412. The third kappa shape index (κ3) is 4.86. The fraction of sp³-hybridized carbons (Fsp3) is 0.462. The van der Waals surface area contributed by atoms with Gasteiger partial charge in [0.2, 0.25) is 5.91 Å². The highest BCUT2D eigenvalue weighted by atomic mass is 79.9. The Balaban J connectivity index is 2.60. The van der Waals surface area contributed by atoms with Gasteiger partial charge in [-0.25, -0.2) is 0 Å². The fourth-order valence-corrected chi connectivity index (χ4v) is 1.90. The van der Waals surface area contributed by atoms with Crippen LogP contribution in [0.15, 0.2) is 22.7 Å². The lowest BCUT2D eigenvalue weighted by molar-refractivity contribution is -0.121. The second-order valence-corrected chi connectivity index (χ2v) is 5.95. The molecule has 1 rings (SSSR count). The van der Waals surface area contributed by atoms with Crippen LogP contribution in [0.25, 0.3) is 0 Å². The highest BCUT2D eigenvalue weighted by molar-refractivity contribution is 9.10. The van der Waals surface area contributed by atoms with Gasteiger partial charge in [0.15, 0.2) is 0 Å². The summed E-state index contributed by atoms with van der Waals surface area (Å²) in [7, 11) is 0. The van der Waals surface area contributed by atoms with Gasteiger partial charge in [0.1, 0.15) is 6.04 Å². The Labute approximate surface area is 121 Å². The van der Waals surface area contributed by atoms with Crippen LogP contribution in [0.1, 0.15) is 20.8 Å². The first-order chi connectivity index (χ1) is 8.40. The monoisotopic (exact) mass is 332 g/mol. The molecule has 0 saturated heterocycles. The lowest BCUT2D eigenvalue weighted by Crippen LogP contribution is -2.39. The molecule has 1 unspecified atom stereocenters. The van der Waals surface area contributed by atoms with Crippen LogP contribution in [-0.4, -0.2) is 18.5 Å². The topological polar surface area (TPSA) is 41.1 Å². The minimum absolute atomic E-state index is 0.0280. The summed E-state index contributed by atoms with van der Waals surface area (Å²) in [5, 5.41) is 6.58. The molecule has 1 amide bonds. The minimum Gasteiger partial charge on any atom is -0.373 e. The maximum Gasteiger partial charge on any atom is 0.242 e. The molecule has 0 aliphatic heterocycles. The molecule has 100 valence electrons. The summed E-state index contributed by atoms with van der Waals surface area (Å²) in [6.07, 6.45) is 0. The maximum absolute atomic E-state index is 11.8. The SMILES string of the molecule is CC(C)CNC(=O)C(C)Nc1cc(Br)ccc1Cl. The van der Waals surface area contributed by atoms with Crippen LogP contribution in [0, 0.1) is 5.92 Å². The van der Waals surface area contributed by atoms with E-state index in [9.17, 15) is 4.79 Å². The van der Waals surface area contributed by atoms with Crippen LogP contribution in [-0.2, 0) is 4.79 Å². The van der Waals surface area contributed by atoms with E-state index in [2.05, 4.69) is 40.4 Å². The second kappa shape index (κ2) is 7.00. The first kappa shape index (κ1) is 15.3. The average Bonchev–Trinajstić information content (AvgIpc) is 2.30. The van der Waals surface area contributed by atoms with Gasteiger partial charge in [-0.3, -0.25) is 4.79 Å². The molecule has 0 fully saturated rings. The van der Waals surface area contributed by atoms with Crippen molar-refractivity contribution in [2.75, 3.05) is 11.9 Å². The molecule has 18 heavy (non-hydrogen) atoms. The van der Waals surface area contributed by atoms with Gasteiger partial charge < -0.3 is 10.6 Å². The lowest BCUT2D eigenvalue weighted by atomic mass is 10.2. The Kier molecular flexibility index (Phi) is 5.96. The van der Waals surface area contributed by atoms with Gasteiger partial charge in [-0.15, -0.1) is 0 Å². The Morgan fingerprint density at radius 3 is 2.67 bits per heavy atom. The van der Waals surface area contributed by atoms with Crippen molar-refractivity contribution in [3.05, 3.63) is 27.7 Å². The van der Waals surface area contributed by atoms with E-state index >= 15 is 0 Å². The molecule has 1 aromatic carbocycles. The first-order valence-corrected chi connectivity index (χ1v) is 7.06. The van der Waals surface area contributed by atoms with E-state index < -0.39 is 0 Å². The van der Waals surface area contributed by atoms with E-state index in [1.54, 1.807) is 6.07 Å². The zero-order valence-electron chi connectivity index (χ0n) is 10.8. The fourth-order valence-electron chi connectivity index (χ4n) is 1.36. The molecule has 0 aliphatic carbocycles. The van der Waals surface area contributed by atoms with Crippen molar-refractivity contribution in [1.29, 1.82) is 0 Å². The molecule has 0 spiro atoms. The van der Waals surface area contributed by atoms with E-state index in [-0.39, 0.29) is 11.9 Å². The Hall–Kier alpha value is -0.740. The largest absolute Gasteiger partial charge is 0.373 e. The first-order valence-electron chi connectivity index (χ1n) is 5.89. The van der Waals surface area contributed by atoms with Gasteiger partial charge in [0.05, 0.1) is 10.7 Å². The normalized spacial score (nSPS) is 12.3. The van der Waals surface area contributed by atoms with E-state index in [0.717, 1.165) is 10.2 Å². The minimum atomic E-state index is -0.324. The number of carbonyl (C=O) groups is 1. The molecule has 0 saturated carbocycles. The van der Waals surface area contributed by atoms with E-state index in [1.807, 2.05) is 19.1 Å². The van der Waals surface area contributed by atoms with E-state index in [4.69, 9.17) is 11.6 Å². The molecule has 0 radical (unpaired) electrons. The zero-order chi connectivity index (χ0) is 13.7. The number of hydrogen-bond donors (Lipinski definition) is 2. The molecular formula is C13H18BrClN2O. The molecule has 5 heteroatoms. The van der Waals surface area contributed by atoms with Crippen LogP contribution in [0.5, 0.6) is 0 Å². The van der Waals surface area contributed by atoms with Crippen molar-refractivity contribution < 1.29 is 4.79 Å². The summed E-state index contributed by atoms with van der Waals surface area (Å²) < 4.78 is 0.921. The summed E-state index contributed by atoms with van der Waals surface area (Å²) in [6.45, 7) is 6.61. The quantitative estimate of drug-likeness (QED) is 0.863. The van der Waals surface area contributed by atoms with Crippen molar-refractivity contribution in [3.63, 3.8) is 0 Å². The van der Waals surface area contributed by atoms with Crippen molar-refractivity contribution >= 4 is 39.1 Å². The van der Waals surface area contributed by atoms with Gasteiger partial charge in [-0.1, -0.05) is 41.4 Å². The molecule has 3 nitrogen and oxygen atoms in total. The van der Waals surface area contributed by atoms with Crippen molar-refractivity contribution in [2.24, 2.45) is 5.92 Å². The van der Waals surface area contributed by atoms with Gasteiger partial charge in [-0.2, -0.15) is 0 Å². The summed E-state index contributed by atoms with van der Waals surface area (Å²) in [4.78, 5) is 11.8. The van der Waals surface area contributed by atoms with Crippen molar-refractivity contribution in [3.8, 4) is 0 Å². The summed E-state index contributed by atoms with van der Waals surface area (Å²) in [5.41, 5.74) is 0.748. The Morgan fingerprint density at radius 1 is 1.39 bits per heavy atom. The van der Waals surface area contributed by atoms with Crippen LogP contribution < -0.4 is 10.6 Å². The number of anilines is 1. The molecule has 0 aromatic heterocycles. The standard InChI is InChI=1S/C13H18BrClN2O/c1-8(2)7-16-13(18)9(3)17-12-6-10(14)4-5-11(12)15/h4-6,8-9,17H,7H2,1-3H3,(H,16,18). The van der Waals surface area contributed by atoms with Crippen molar-refractivity contribution in [2.45, 2.75) is 26.8 Å². The number of benzene rings is 1. The Bertz CT molecular complexity index is 423. The molecule has 1 atom stereocenters. The molecular weight excluding hydrogens is 316 g/mol. The van der Waals surface area contributed by atoms with Crippen LogP contribution in [0.2, 0.25) is 5.02 Å². The average molecular weight is 334 g/mol. The summed E-state index contributed by atoms with van der Waals surface area (Å²) in [6, 6.07) is 5.17. The van der Waals surface area contributed by atoms with Crippen LogP contribution in [0.4, 0.5) is 5.69 Å². The lowest BCUT2D eigenvalue weighted by Gasteiger charge is -2.17. The number of carbonyl (C=O) groups excluding carboxylic acids is 1. The summed E-state index contributed by atoms with van der Waals surface area (Å²) >= 11 is 9.43. The van der Waals surface area contributed by atoms with Gasteiger partial charge in [-0.05, 0) is 31.0 Å². The molecule has 0 bridgehead atoms. The van der Waals surface area contributed by atoms with Crippen molar-refractivity contribution in [1.82, 2.24) is 5.32 Å². The number of rotatable bonds is 5. The third-order valence-electron chi connectivity index (χ3n) is 2.38. The van der Waals surface area contributed by atoms with Gasteiger partial charge >= 0.3 is 0 Å². The predicted octanol–water partition coefficient (Wildman–Crippen LogP) is 3.68. The van der Waals surface area contributed by atoms with E-state index in [1.165, 1.54) is 0 Å². The molecule has 0 aliphatic rings. The van der Waals surface area contributed by atoms with Crippen LogP contribution >= 0.6 is 27.5 Å². The Morgan fingerprint density at radius 2 is 2.06 bits per heavy atom. The highest BCUT2D eigenvalue weighted by Crippen LogP contribution is 2.26. The van der Waals surface area contributed by atoms with Gasteiger partial charge in [0, 0.05) is 11.0 Å². The number of hydrogen-bond acceptors (Lipinski definition) is 2. The third-order valence-corrected chi connectivity index (χ3v) is 3.20. The smallest absolute Gasteiger partial charge is 0.242 e. The maximum atomic E-state index is 11.8. The number of halogens is 2. The van der Waals surface area contributed by atoms with E-state index in [0.29, 0.717) is 17.5 Å². The predicted molar refractivity (Wildman–Crippen MR) is 80.1 cm³/mol. The zero-order valence-corrected chi connectivity index (χ0v) is 13.1. The van der Waals surface area contributed by atoms with Crippen LogP contribution in [0.3, 0.4) is 0 Å². The molecule has 0 heterocycles. The number of amides is 1. The number of nitrogens with one attached hydrogen (secondary N) is 2. The highest BCUT2D eigenvalue weighted by Gasteiger charge is 2.14. The second-order valence-electron chi connectivity index (χ2n) is 4.63. The molecule has 2 N–H and O–H groups in total. The molecule has 1 aromatic rings.